The normalized spacial score (nSPS) is 22.8. The van der Waals surface area contributed by atoms with Crippen molar-refractivity contribution >= 4 is 6.03 Å². The van der Waals surface area contributed by atoms with Crippen LogP contribution in [0.25, 0.3) is 0 Å². The lowest BCUT2D eigenvalue weighted by Crippen LogP contribution is -2.38. The van der Waals surface area contributed by atoms with E-state index in [0.29, 0.717) is 13.1 Å². The molecule has 1 aliphatic rings. The summed E-state index contributed by atoms with van der Waals surface area (Å²) in [6.45, 7) is 4.23. The van der Waals surface area contributed by atoms with E-state index in [4.69, 9.17) is 5.11 Å². The summed E-state index contributed by atoms with van der Waals surface area (Å²) in [6.07, 6.45) is 0.924. The molecule has 2 amide bonds. The number of hydrogen-bond acceptors (Lipinski definition) is 2. The molecule has 70 valence electrons. The minimum absolute atomic E-state index is 0.00606. The van der Waals surface area contributed by atoms with Crippen LogP contribution in [0.15, 0.2) is 0 Å². The first kappa shape index (κ1) is 9.32. The average molecular weight is 172 g/mol. The largest absolute Gasteiger partial charge is 0.396 e. The molecule has 4 heteroatoms. The molecule has 12 heavy (non-hydrogen) atoms. The van der Waals surface area contributed by atoms with Gasteiger partial charge in [0.25, 0.3) is 0 Å². The molecule has 0 radical (unpaired) electrons. The number of nitrogens with one attached hydrogen (secondary N) is 1. The highest BCUT2D eigenvalue weighted by Gasteiger charge is 2.24. The Morgan fingerprint density at radius 2 is 2.50 bits per heavy atom. The van der Waals surface area contributed by atoms with E-state index in [0.717, 1.165) is 13.0 Å². The van der Waals surface area contributed by atoms with Gasteiger partial charge in [0, 0.05) is 32.2 Å². The van der Waals surface area contributed by atoms with Crippen molar-refractivity contribution in [3.05, 3.63) is 0 Å². The van der Waals surface area contributed by atoms with Gasteiger partial charge in [-0.05, 0) is 13.3 Å². The van der Waals surface area contributed by atoms with Crippen LogP contribution in [-0.2, 0) is 0 Å². The Kier molecular flexibility index (Phi) is 3.34. The molecule has 0 aromatic carbocycles. The molecule has 4 nitrogen and oxygen atoms in total. The number of carbonyl (C=O) groups is 1. The van der Waals surface area contributed by atoms with Gasteiger partial charge in [0.05, 0.1) is 0 Å². The molecule has 1 rings (SSSR count). The van der Waals surface area contributed by atoms with Gasteiger partial charge in [0.15, 0.2) is 0 Å². The van der Waals surface area contributed by atoms with E-state index in [9.17, 15) is 4.79 Å². The summed E-state index contributed by atoms with van der Waals surface area (Å²) >= 11 is 0. The molecular weight excluding hydrogens is 156 g/mol. The van der Waals surface area contributed by atoms with Crippen molar-refractivity contribution in [1.29, 1.82) is 0 Å². The standard InChI is InChI=1S/C8H16N2O2/c1-2-9-8(12)10-4-3-7(5-10)6-11/h7,11H,2-6H2,1H3,(H,9,12). The second kappa shape index (κ2) is 4.30. The first-order valence-corrected chi connectivity index (χ1v) is 4.41. The summed E-state index contributed by atoms with van der Waals surface area (Å²) in [5.74, 6) is 0.285. The summed E-state index contributed by atoms with van der Waals surface area (Å²) in [7, 11) is 0. The maximum Gasteiger partial charge on any atom is 0.317 e. The predicted molar refractivity (Wildman–Crippen MR) is 45.8 cm³/mol. The second-order valence-corrected chi connectivity index (χ2v) is 3.12. The maximum absolute atomic E-state index is 11.2. The van der Waals surface area contributed by atoms with Crippen LogP contribution in [-0.4, -0.2) is 42.3 Å². The van der Waals surface area contributed by atoms with Crippen molar-refractivity contribution in [3.8, 4) is 0 Å². The zero-order chi connectivity index (χ0) is 8.97. The van der Waals surface area contributed by atoms with E-state index >= 15 is 0 Å². The molecule has 1 unspecified atom stereocenters. The van der Waals surface area contributed by atoms with Crippen LogP contribution in [0, 0.1) is 5.92 Å². The Balaban J connectivity index is 2.31. The number of nitrogens with zero attached hydrogens (tertiary/aromatic N) is 1. The minimum atomic E-state index is -0.00606. The minimum Gasteiger partial charge on any atom is -0.396 e. The number of likely N-dealkylation sites (tertiary alicyclic amines) is 1. The van der Waals surface area contributed by atoms with E-state index in [2.05, 4.69) is 5.32 Å². The van der Waals surface area contributed by atoms with Crippen LogP contribution in [0.2, 0.25) is 0 Å². The SMILES string of the molecule is CCNC(=O)N1CCC(CO)C1. The third-order valence-corrected chi connectivity index (χ3v) is 2.16. The highest BCUT2D eigenvalue weighted by molar-refractivity contribution is 5.74. The monoisotopic (exact) mass is 172 g/mol. The Morgan fingerprint density at radius 3 is 3.00 bits per heavy atom. The third kappa shape index (κ3) is 2.11. The van der Waals surface area contributed by atoms with Crippen molar-refractivity contribution in [3.63, 3.8) is 0 Å². The van der Waals surface area contributed by atoms with Gasteiger partial charge in [-0.2, -0.15) is 0 Å². The molecule has 1 saturated heterocycles. The fourth-order valence-corrected chi connectivity index (χ4v) is 1.43. The lowest BCUT2D eigenvalue weighted by atomic mass is 10.1. The van der Waals surface area contributed by atoms with Crippen molar-refractivity contribution in [2.75, 3.05) is 26.2 Å². The molecule has 1 heterocycles. The van der Waals surface area contributed by atoms with Gasteiger partial charge >= 0.3 is 6.03 Å². The van der Waals surface area contributed by atoms with Crippen LogP contribution in [0.3, 0.4) is 0 Å². The van der Waals surface area contributed by atoms with E-state index in [1.54, 1.807) is 4.90 Å². The van der Waals surface area contributed by atoms with Gasteiger partial charge in [0.2, 0.25) is 0 Å². The zero-order valence-electron chi connectivity index (χ0n) is 7.42. The number of urea groups is 1. The van der Waals surface area contributed by atoms with Crippen molar-refractivity contribution in [2.45, 2.75) is 13.3 Å². The van der Waals surface area contributed by atoms with Gasteiger partial charge in [-0.25, -0.2) is 4.79 Å². The number of hydrogen-bond donors (Lipinski definition) is 2. The van der Waals surface area contributed by atoms with E-state index < -0.39 is 0 Å². The van der Waals surface area contributed by atoms with E-state index in [1.165, 1.54) is 0 Å². The van der Waals surface area contributed by atoms with Crippen molar-refractivity contribution < 1.29 is 9.90 Å². The summed E-state index contributed by atoms with van der Waals surface area (Å²) in [6, 6.07) is -0.00606. The smallest absolute Gasteiger partial charge is 0.317 e. The molecular formula is C8H16N2O2. The number of aliphatic hydroxyl groups is 1. The highest BCUT2D eigenvalue weighted by Crippen LogP contribution is 2.14. The van der Waals surface area contributed by atoms with Crippen LogP contribution >= 0.6 is 0 Å². The summed E-state index contributed by atoms with van der Waals surface area (Å²) in [5.41, 5.74) is 0. The molecule has 1 aliphatic heterocycles. The first-order chi connectivity index (χ1) is 5.77. The molecule has 0 bridgehead atoms. The van der Waals surface area contributed by atoms with Crippen LogP contribution in [0.1, 0.15) is 13.3 Å². The number of amides is 2. The van der Waals surface area contributed by atoms with Crippen molar-refractivity contribution in [1.82, 2.24) is 10.2 Å². The Bertz CT molecular complexity index is 161. The molecule has 1 atom stereocenters. The molecule has 2 N–H and O–H groups in total. The lowest BCUT2D eigenvalue weighted by Gasteiger charge is -2.15. The number of carbonyl (C=O) groups excluding carboxylic acids is 1. The second-order valence-electron chi connectivity index (χ2n) is 3.12. The summed E-state index contributed by atoms with van der Waals surface area (Å²) < 4.78 is 0. The Labute approximate surface area is 72.6 Å². The Morgan fingerprint density at radius 1 is 1.75 bits per heavy atom. The average Bonchev–Trinajstić information content (AvgIpc) is 2.52. The van der Waals surface area contributed by atoms with Gasteiger partial charge in [-0.3, -0.25) is 0 Å². The zero-order valence-corrected chi connectivity index (χ0v) is 7.42. The van der Waals surface area contributed by atoms with Crippen LogP contribution in [0.5, 0.6) is 0 Å². The molecule has 0 aromatic rings. The quantitative estimate of drug-likeness (QED) is 0.617. The van der Waals surface area contributed by atoms with Crippen molar-refractivity contribution in [2.24, 2.45) is 5.92 Å². The molecule has 0 spiro atoms. The topological polar surface area (TPSA) is 52.6 Å². The fourth-order valence-electron chi connectivity index (χ4n) is 1.43. The summed E-state index contributed by atoms with van der Waals surface area (Å²) in [5, 5.41) is 11.6. The van der Waals surface area contributed by atoms with Gasteiger partial charge in [0.1, 0.15) is 0 Å². The molecule has 0 aliphatic carbocycles. The van der Waals surface area contributed by atoms with E-state index in [1.807, 2.05) is 6.92 Å². The first-order valence-electron chi connectivity index (χ1n) is 4.41. The van der Waals surface area contributed by atoms with E-state index in [-0.39, 0.29) is 18.6 Å². The van der Waals surface area contributed by atoms with Gasteiger partial charge in [-0.15, -0.1) is 0 Å². The number of aliphatic hydroxyl groups excluding tert-OH is 1. The molecule has 0 saturated carbocycles. The molecule has 0 aromatic heterocycles. The van der Waals surface area contributed by atoms with Crippen LogP contribution in [0.4, 0.5) is 4.79 Å². The maximum atomic E-state index is 11.2. The fraction of sp³-hybridized carbons (Fsp3) is 0.875. The van der Waals surface area contributed by atoms with Crippen LogP contribution < -0.4 is 5.32 Å². The summed E-state index contributed by atoms with van der Waals surface area (Å²) in [4.78, 5) is 13.0. The lowest BCUT2D eigenvalue weighted by molar-refractivity contribution is 0.199. The van der Waals surface area contributed by atoms with Gasteiger partial charge in [-0.1, -0.05) is 0 Å². The molecule has 1 fully saturated rings. The third-order valence-electron chi connectivity index (χ3n) is 2.16. The Hall–Kier alpha value is -0.770. The predicted octanol–water partition coefficient (Wildman–Crippen LogP) is 0.0301. The van der Waals surface area contributed by atoms with Gasteiger partial charge < -0.3 is 15.3 Å². The highest BCUT2D eigenvalue weighted by atomic mass is 16.3. The number of rotatable bonds is 2.